The van der Waals surface area contributed by atoms with Crippen molar-refractivity contribution in [1.82, 2.24) is 20.3 Å². The van der Waals surface area contributed by atoms with Gasteiger partial charge in [0.1, 0.15) is 11.6 Å². The Bertz CT molecular complexity index is 1230. The van der Waals surface area contributed by atoms with Crippen molar-refractivity contribution in [2.75, 3.05) is 11.5 Å². The van der Waals surface area contributed by atoms with E-state index in [1.807, 2.05) is 24.3 Å². The first-order chi connectivity index (χ1) is 16.7. The molecule has 1 unspecified atom stereocenters. The molecule has 2 heterocycles. The molecule has 0 saturated heterocycles. The Balaban J connectivity index is 1.75. The molecule has 2 aromatic heterocycles. The number of hydrogen-bond acceptors (Lipinski definition) is 8. The van der Waals surface area contributed by atoms with Crippen molar-refractivity contribution < 1.29 is 24.6 Å². The second-order valence-electron chi connectivity index (χ2n) is 8.25. The highest BCUT2D eigenvalue weighted by atomic mass is 16.4. The summed E-state index contributed by atoms with van der Waals surface area (Å²) >= 11 is 0. The highest BCUT2D eigenvalue weighted by Gasteiger charge is 2.22. The Morgan fingerprint density at radius 1 is 0.971 bits per heavy atom. The van der Waals surface area contributed by atoms with E-state index in [2.05, 4.69) is 27.2 Å². The Kier molecular flexibility index (Phi) is 8.13. The summed E-state index contributed by atoms with van der Waals surface area (Å²) in [5.41, 5.74) is 14.8. The summed E-state index contributed by atoms with van der Waals surface area (Å²) in [6.07, 6.45) is 1.90. The number of carbonyl (C=O) groups is 3. The molecule has 0 aliphatic rings. The third kappa shape index (κ3) is 6.62. The maximum absolute atomic E-state index is 12.5. The zero-order valence-corrected chi connectivity index (χ0v) is 19.3. The third-order valence-electron chi connectivity index (χ3n) is 5.63. The molecule has 2 atom stereocenters. The molecule has 0 aliphatic carbocycles. The van der Waals surface area contributed by atoms with Crippen LogP contribution in [0.2, 0.25) is 0 Å². The number of benzene rings is 1. The fourth-order valence-electron chi connectivity index (χ4n) is 3.87. The number of amides is 1. The maximum Gasteiger partial charge on any atom is 0.326 e. The van der Waals surface area contributed by atoms with Gasteiger partial charge in [0.15, 0.2) is 5.82 Å². The van der Waals surface area contributed by atoms with Gasteiger partial charge in [-0.3, -0.25) is 9.59 Å². The predicted octanol–water partition coefficient (Wildman–Crippen LogP) is 2.36. The van der Waals surface area contributed by atoms with Crippen LogP contribution in [0.4, 0.5) is 11.8 Å². The van der Waals surface area contributed by atoms with Crippen LogP contribution in [0, 0.1) is 0 Å². The van der Waals surface area contributed by atoms with Crippen LogP contribution < -0.4 is 16.8 Å². The maximum atomic E-state index is 12.5. The molecule has 0 aliphatic heterocycles. The molecular formula is C24H28N6O5. The van der Waals surface area contributed by atoms with E-state index < -0.39 is 23.9 Å². The molecule has 0 fully saturated rings. The van der Waals surface area contributed by atoms with E-state index in [1.165, 1.54) is 0 Å². The van der Waals surface area contributed by atoms with E-state index in [1.54, 1.807) is 12.1 Å². The van der Waals surface area contributed by atoms with Crippen molar-refractivity contribution in [3.63, 3.8) is 0 Å². The number of aromatic nitrogens is 3. The number of nitrogens with two attached hydrogens (primary N) is 2. The lowest BCUT2D eigenvalue weighted by Crippen LogP contribution is -2.41. The first-order valence-corrected chi connectivity index (χ1v) is 11.2. The highest BCUT2D eigenvalue weighted by Crippen LogP contribution is 2.27. The number of nitrogen functional groups attached to an aromatic ring is 2. The molecule has 1 amide bonds. The van der Waals surface area contributed by atoms with Crippen LogP contribution in [0.3, 0.4) is 0 Å². The molecule has 0 radical (unpaired) electrons. The van der Waals surface area contributed by atoms with E-state index >= 15 is 0 Å². The summed E-state index contributed by atoms with van der Waals surface area (Å²) in [6, 6.07) is 9.34. The van der Waals surface area contributed by atoms with Gasteiger partial charge < -0.3 is 27.0 Å². The topological polar surface area (TPSA) is 194 Å². The van der Waals surface area contributed by atoms with E-state index in [-0.39, 0.29) is 36.1 Å². The Hall–Kier alpha value is -4.28. The molecule has 7 N–H and O–H groups in total. The van der Waals surface area contributed by atoms with E-state index in [4.69, 9.17) is 16.6 Å². The van der Waals surface area contributed by atoms with Crippen LogP contribution >= 0.6 is 0 Å². The van der Waals surface area contributed by atoms with Crippen LogP contribution in [-0.4, -0.2) is 49.1 Å². The third-order valence-corrected chi connectivity index (χ3v) is 5.63. The van der Waals surface area contributed by atoms with Gasteiger partial charge in [0.25, 0.3) is 5.91 Å². The number of fused-ring (bicyclic) bond motifs is 1. The zero-order chi connectivity index (χ0) is 25.5. The quantitative estimate of drug-likeness (QED) is 0.272. The number of nitrogens with zero attached hydrogens (tertiary/aromatic N) is 3. The number of carboxylic acid groups (broad SMARTS) is 2. The zero-order valence-electron chi connectivity index (χ0n) is 19.3. The van der Waals surface area contributed by atoms with Gasteiger partial charge in [-0.15, -0.1) is 0 Å². The molecule has 0 bridgehead atoms. The second kappa shape index (κ2) is 11.2. The number of carbonyl (C=O) groups excluding carboxylic acids is 1. The lowest BCUT2D eigenvalue weighted by Gasteiger charge is -2.18. The summed E-state index contributed by atoms with van der Waals surface area (Å²) in [5, 5.41) is 20.4. The normalized spacial score (nSPS) is 12.7. The summed E-state index contributed by atoms with van der Waals surface area (Å²) in [7, 11) is 0. The summed E-state index contributed by atoms with van der Waals surface area (Å²) < 4.78 is 0. The number of anilines is 2. The van der Waals surface area contributed by atoms with Crippen molar-refractivity contribution in [3.05, 3.63) is 53.2 Å². The molecule has 11 nitrogen and oxygen atoms in total. The van der Waals surface area contributed by atoms with Gasteiger partial charge in [0.05, 0.1) is 5.52 Å². The van der Waals surface area contributed by atoms with E-state index in [0.717, 1.165) is 24.1 Å². The molecule has 3 aromatic rings. The van der Waals surface area contributed by atoms with Gasteiger partial charge >= 0.3 is 11.9 Å². The van der Waals surface area contributed by atoms with Crippen LogP contribution in [0.1, 0.15) is 60.1 Å². The molecular weight excluding hydrogens is 452 g/mol. The largest absolute Gasteiger partial charge is 0.481 e. The van der Waals surface area contributed by atoms with Gasteiger partial charge in [0, 0.05) is 17.7 Å². The van der Waals surface area contributed by atoms with Gasteiger partial charge in [-0.1, -0.05) is 25.5 Å². The van der Waals surface area contributed by atoms with Crippen molar-refractivity contribution in [2.24, 2.45) is 0 Å². The minimum atomic E-state index is -1.28. The number of aliphatic carboxylic acids is 2. The minimum Gasteiger partial charge on any atom is -0.481 e. The highest BCUT2D eigenvalue weighted by molar-refractivity contribution is 5.96. The van der Waals surface area contributed by atoms with Crippen molar-refractivity contribution in [3.8, 4) is 0 Å². The molecule has 11 heteroatoms. The van der Waals surface area contributed by atoms with Crippen molar-refractivity contribution in [1.29, 1.82) is 0 Å². The van der Waals surface area contributed by atoms with Gasteiger partial charge in [0.2, 0.25) is 5.95 Å². The number of rotatable bonds is 11. The smallest absolute Gasteiger partial charge is 0.326 e. The van der Waals surface area contributed by atoms with Gasteiger partial charge in [-0.2, -0.15) is 4.98 Å². The lowest BCUT2D eigenvalue weighted by molar-refractivity contribution is -0.140. The first kappa shape index (κ1) is 25.3. The fourth-order valence-corrected chi connectivity index (χ4v) is 3.87. The predicted molar refractivity (Wildman–Crippen MR) is 130 cm³/mol. The fraction of sp³-hybridized carbons (Fsp3) is 0.333. The number of nitrogens with one attached hydrogen (secondary N) is 1. The average Bonchev–Trinajstić information content (AvgIpc) is 2.81. The minimum absolute atomic E-state index is 0.0918. The molecule has 0 saturated carbocycles. The number of carboxylic acids is 2. The Morgan fingerprint density at radius 3 is 2.31 bits per heavy atom. The number of pyridine rings is 1. The van der Waals surface area contributed by atoms with Crippen molar-refractivity contribution in [2.45, 2.75) is 51.0 Å². The van der Waals surface area contributed by atoms with Gasteiger partial charge in [-0.25, -0.2) is 14.8 Å². The Labute approximate surface area is 201 Å². The standard InChI is InChI=1S/C24H28N6O5/c1-2-3-15(12-16-8-9-17-20(27-16)21(25)30-24(26)29-17)13-4-6-14(7-5-13)22(33)28-18(23(34)35)10-11-19(31)32/h4-9,15,18H,2-3,10-12H2,1H3,(H,28,33)(H,31,32)(H,34,35)(H4,25,26,29,30)/t15?,18-/m0/s1. The molecule has 0 spiro atoms. The lowest BCUT2D eigenvalue weighted by atomic mass is 9.89. The second-order valence-corrected chi connectivity index (χ2v) is 8.25. The monoisotopic (exact) mass is 480 g/mol. The SMILES string of the molecule is CCCC(Cc1ccc2nc(N)nc(N)c2n1)c1ccc(C(=O)N[C@@H](CCC(=O)O)C(=O)O)cc1. The molecule has 3 rings (SSSR count). The van der Waals surface area contributed by atoms with Crippen LogP contribution in [0.5, 0.6) is 0 Å². The molecule has 1 aromatic carbocycles. The van der Waals surface area contributed by atoms with Crippen LogP contribution in [-0.2, 0) is 16.0 Å². The molecule has 35 heavy (non-hydrogen) atoms. The van der Waals surface area contributed by atoms with Crippen LogP contribution in [0.15, 0.2) is 36.4 Å². The van der Waals surface area contributed by atoms with E-state index in [0.29, 0.717) is 17.5 Å². The van der Waals surface area contributed by atoms with Crippen molar-refractivity contribution >= 4 is 40.6 Å². The first-order valence-electron chi connectivity index (χ1n) is 11.2. The van der Waals surface area contributed by atoms with Gasteiger partial charge in [-0.05, 0) is 55.0 Å². The Morgan fingerprint density at radius 2 is 1.69 bits per heavy atom. The molecule has 184 valence electrons. The number of hydrogen-bond donors (Lipinski definition) is 5. The average molecular weight is 481 g/mol. The van der Waals surface area contributed by atoms with E-state index in [9.17, 15) is 19.5 Å². The summed E-state index contributed by atoms with van der Waals surface area (Å²) in [5.74, 6) is -2.55. The summed E-state index contributed by atoms with van der Waals surface area (Å²) in [6.45, 7) is 2.08. The van der Waals surface area contributed by atoms with Crippen LogP contribution in [0.25, 0.3) is 11.0 Å². The summed E-state index contributed by atoms with van der Waals surface area (Å²) in [4.78, 5) is 47.3.